The number of ether oxygens (including phenoxy) is 2. The Bertz CT molecular complexity index is 656. The van der Waals surface area contributed by atoms with Gasteiger partial charge >= 0.3 is 0 Å². The molecule has 0 aliphatic rings. The topological polar surface area (TPSA) is 73.6 Å². The van der Waals surface area contributed by atoms with Crippen molar-refractivity contribution >= 4 is 17.3 Å². The Labute approximate surface area is 130 Å². The fourth-order valence-corrected chi connectivity index (χ4v) is 2.01. The van der Waals surface area contributed by atoms with Crippen molar-refractivity contribution in [2.24, 2.45) is 0 Å². The van der Waals surface area contributed by atoms with E-state index in [-0.39, 0.29) is 12.5 Å². The van der Waals surface area contributed by atoms with Gasteiger partial charge in [0.05, 0.1) is 12.8 Å². The van der Waals surface area contributed by atoms with Crippen molar-refractivity contribution < 1.29 is 14.3 Å². The number of aryl methyl sites for hydroxylation is 1. The number of anilines is 2. The highest BCUT2D eigenvalue weighted by Gasteiger charge is 2.09. The van der Waals surface area contributed by atoms with Crippen LogP contribution < -0.4 is 20.5 Å². The van der Waals surface area contributed by atoms with Crippen molar-refractivity contribution in [2.45, 2.75) is 13.3 Å². The van der Waals surface area contributed by atoms with Gasteiger partial charge in [-0.05, 0) is 42.3 Å². The zero-order valence-corrected chi connectivity index (χ0v) is 12.8. The van der Waals surface area contributed by atoms with E-state index >= 15 is 0 Å². The molecule has 0 saturated heterocycles. The molecule has 0 atom stereocenters. The lowest BCUT2D eigenvalue weighted by molar-refractivity contribution is -0.118. The Morgan fingerprint density at radius 1 is 1.23 bits per heavy atom. The van der Waals surface area contributed by atoms with Gasteiger partial charge < -0.3 is 20.5 Å². The number of rotatable bonds is 6. The van der Waals surface area contributed by atoms with E-state index in [9.17, 15) is 4.79 Å². The molecule has 2 rings (SSSR count). The molecule has 2 aromatic rings. The third kappa shape index (κ3) is 4.15. The molecular formula is C17H20N2O3. The Morgan fingerprint density at radius 3 is 2.77 bits per heavy atom. The summed E-state index contributed by atoms with van der Waals surface area (Å²) in [5, 5.41) is 2.73. The maximum atomic E-state index is 12.0. The molecule has 0 bridgehead atoms. The van der Waals surface area contributed by atoms with Gasteiger partial charge in [0.1, 0.15) is 11.5 Å². The number of amides is 1. The van der Waals surface area contributed by atoms with Crippen LogP contribution in [0.4, 0.5) is 11.4 Å². The van der Waals surface area contributed by atoms with Crippen molar-refractivity contribution in [2.75, 3.05) is 24.8 Å². The lowest BCUT2D eigenvalue weighted by Crippen LogP contribution is -2.20. The summed E-state index contributed by atoms with van der Waals surface area (Å²) in [5.74, 6) is 0.954. The first-order valence-electron chi connectivity index (χ1n) is 7.07. The molecule has 5 nitrogen and oxygen atoms in total. The number of nitrogens with one attached hydrogen (secondary N) is 1. The first kappa shape index (κ1) is 15.7. The Hall–Kier alpha value is -2.69. The van der Waals surface area contributed by atoms with Crippen LogP contribution in [0.15, 0.2) is 42.5 Å². The highest BCUT2D eigenvalue weighted by Crippen LogP contribution is 2.26. The van der Waals surface area contributed by atoms with E-state index in [2.05, 4.69) is 12.2 Å². The lowest BCUT2D eigenvalue weighted by atomic mass is 10.2. The maximum absolute atomic E-state index is 12.0. The van der Waals surface area contributed by atoms with Crippen molar-refractivity contribution in [1.82, 2.24) is 0 Å². The van der Waals surface area contributed by atoms with Gasteiger partial charge in [-0.2, -0.15) is 0 Å². The Morgan fingerprint density at radius 2 is 2.05 bits per heavy atom. The number of nitrogen functional groups attached to an aromatic ring is 1. The third-order valence-electron chi connectivity index (χ3n) is 3.17. The Kier molecular flexibility index (Phi) is 5.25. The number of hydrogen-bond donors (Lipinski definition) is 2. The minimum absolute atomic E-state index is 0.0783. The summed E-state index contributed by atoms with van der Waals surface area (Å²) in [6.07, 6.45) is 0.921. The van der Waals surface area contributed by atoms with Gasteiger partial charge in [-0.25, -0.2) is 0 Å². The first-order valence-corrected chi connectivity index (χ1v) is 7.07. The summed E-state index contributed by atoms with van der Waals surface area (Å²) >= 11 is 0. The largest absolute Gasteiger partial charge is 0.495 e. The van der Waals surface area contributed by atoms with E-state index in [4.69, 9.17) is 15.2 Å². The fraction of sp³-hybridized carbons (Fsp3) is 0.235. The van der Waals surface area contributed by atoms with Crippen LogP contribution in [0.2, 0.25) is 0 Å². The molecule has 3 N–H and O–H groups in total. The standard InChI is InChI=1S/C17H20N2O3/c1-3-12-5-4-6-14(9-12)22-11-17(20)19-15-10-13(18)7-8-16(15)21-2/h4-10H,3,11,18H2,1-2H3,(H,19,20). The quantitative estimate of drug-likeness (QED) is 0.805. The van der Waals surface area contributed by atoms with Gasteiger partial charge in [0, 0.05) is 5.69 Å². The molecular weight excluding hydrogens is 280 g/mol. The number of benzene rings is 2. The summed E-state index contributed by atoms with van der Waals surface area (Å²) in [5.41, 5.74) is 7.95. The number of carbonyl (C=O) groups is 1. The molecule has 0 heterocycles. The molecule has 0 spiro atoms. The van der Waals surface area contributed by atoms with Gasteiger partial charge in [0.15, 0.2) is 6.61 Å². The van der Waals surface area contributed by atoms with Crippen LogP contribution in [0, 0.1) is 0 Å². The van der Waals surface area contributed by atoms with Crippen molar-refractivity contribution in [3.8, 4) is 11.5 Å². The van der Waals surface area contributed by atoms with E-state index in [0.717, 1.165) is 12.0 Å². The van der Waals surface area contributed by atoms with Crippen LogP contribution in [0.25, 0.3) is 0 Å². The molecule has 0 radical (unpaired) electrons. The van der Waals surface area contributed by atoms with Gasteiger partial charge in [-0.15, -0.1) is 0 Å². The summed E-state index contributed by atoms with van der Waals surface area (Å²) < 4.78 is 10.7. The van der Waals surface area contributed by atoms with E-state index in [1.807, 2.05) is 24.3 Å². The van der Waals surface area contributed by atoms with Crippen molar-refractivity contribution in [3.05, 3.63) is 48.0 Å². The maximum Gasteiger partial charge on any atom is 0.262 e. The molecule has 0 unspecified atom stereocenters. The summed E-state index contributed by atoms with van der Waals surface area (Å²) in [6.45, 7) is 1.99. The van der Waals surface area contributed by atoms with Crippen LogP contribution in [0.1, 0.15) is 12.5 Å². The monoisotopic (exact) mass is 300 g/mol. The third-order valence-corrected chi connectivity index (χ3v) is 3.17. The molecule has 22 heavy (non-hydrogen) atoms. The molecule has 0 aliphatic carbocycles. The van der Waals surface area contributed by atoms with Gasteiger partial charge in [-0.3, -0.25) is 4.79 Å². The van der Waals surface area contributed by atoms with E-state index in [0.29, 0.717) is 22.9 Å². The SMILES string of the molecule is CCc1cccc(OCC(=O)Nc2cc(N)ccc2OC)c1. The molecule has 0 aliphatic heterocycles. The molecule has 1 amide bonds. The minimum atomic E-state index is -0.272. The molecule has 2 aromatic carbocycles. The number of methoxy groups -OCH3 is 1. The number of hydrogen-bond acceptors (Lipinski definition) is 4. The summed E-state index contributed by atoms with van der Waals surface area (Å²) in [4.78, 5) is 12.0. The predicted octanol–water partition coefficient (Wildman–Crippen LogP) is 2.86. The number of nitrogens with two attached hydrogens (primary N) is 1. The normalized spacial score (nSPS) is 10.1. The lowest BCUT2D eigenvalue weighted by Gasteiger charge is -2.12. The molecule has 5 heteroatoms. The van der Waals surface area contributed by atoms with Crippen LogP contribution in [0.5, 0.6) is 11.5 Å². The highest BCUT2D eigenvalue weighted by molar-refractivity contribution is 5.93. The second kappa shape index (κ2) is 7.36. The molecule has 116 valence electrons. The second-order valence-corrected chi connectivity index (χ2v) is 4.80. The molecule has 0 saturated carbocycles. The smallest absolute Gasteiger partial charge is 0.262 e. The van der Waals surface area contributed by atoms with Crippen molar-refractivity contribution in [3.63, 3.8) is 0 Å². The average Bonchev–Trinajstić information content (AvgIpc) is 2.53. The van der Waals surface area contributed by atoms with Crippen LogP contribution in [-0.2, 0) is 11.2 Å². The van der Waals surface area contributed by atoms with E-state index in [1.54, 1.807) is 18.2 Å². The highest BCUT2D eigenvalue weighted by atomic mass is 16.5. The summed E-state index contributed by atoms with van der Waals surface area (Å²) in [7, 11) is 1.54. The van der Waals surface area contributed by atoms with Crippen LogP contribution >= 0.6 is 0 Å². The van der Waals surface area contributed by atoms with E-state index < -0.39 is 0 Å². The van der Waals surface area contributed by atoms with Gasteiger partial charge in [0.2, 0.25) is 0 Å². The number of carbonyl (C=O) groups excluding carboxylic acids is 1. The Balaban J connectivity index is 1.97. The van der Waals surface area contributed by atoms with Gasteiger partial charge in [-0.1, -0.05) is 19.1 Å². The van der Waals surface area contributed by atoms with E-state index in [1.165, 1.54) is 7.11 Å². The summed E-state index contributed by atoms with van der Waals surface area (Å²) in [6, 6.07) is 12.7. The average molecular weight is 300 g/mol. The first-order chi connectivity index (χ1) is 10.6. The zero-order valence-electron chi connectivity index (χ0n) is 12.8. The van der Waals surface area contributed by atoms with Crippen LogP contribution in [0.3, 0.4) is 0 Å². The van der Waals surface area contributed by atoms with Crippen molar-refractivity contribution in [1.29, 1.82) is 0 Å². The van der Waals surface area contributed by atoms with Gasteiger partial charge in [0.25, 0.3) is 5.91 Å². The molecule has 0 aromatic heterocycles. The zero-order chi connectivity index (χ0) is 15.9. The fourth-order valence-electron chi connectivity index (χ4n) is 2.01. The minimum Gasteiger partial charge on any atom is -0.495 e. The molecule has 0 fully saturated rings. The predicted molar refractivity (Wildman–Crippen MR) is 87.4 cm³/mol. The second-order valence-electron chi connectivity index (χ2n) is 4.80. The van der Waals surface area contributed by atoms with Crippen LogP contribution in [-0.4, -0.2) is 19.6 Å².